The molecule has 1 heterocycles. The zero-order valence-electron chi connectivity index (χ0n) is 10.7. The van der Waals surface area contributed by atoms with E-state index in [1.807, 2.05) is 42.5 Å². The molecule has 2 aromatic carbocycles. The van der Waals surface area contributed by atoms with Crippen molar-refractivity contribution >= 4 is 5.82 Å². The van der Waals surface area contributed by atoms with Crippen LogP contribution >= 0.6 is 0 Å². The summed E-state index contributed by atoms with van der Waals surface area (Å²) in [6.07, 6.45) is 0. The third-order valence-electron chi connectivity index (χ3n) is 2.84. The first-order chi connectivity index (χ1) is 9.81. The first kappa shape index (κ1) is 12.2. The molecule has 0 spiro atoms. The summed E-state index contributed by atoms with van der Waals surface area (Å²) in [5, 5.41) is 7.60. The lowest BCUT2D eigenvalue weighted by molar-refractivity contribution is 0.456. The maximum Gasteiger partial charge on any atom is 0.238 e. The van der Waals surface area contributed by atoms with Gasteiger partial charge in [-0.1, -0.05) is 42.5 Å². The van der Waals surface area contributed by atoms with Crippen LogP contribution in [-0.2, 0) is 0 Å². The predicted octanol–water partition coefficient (Wildman–Crippen LogP) is 3.52. The minimum Gasteiger partial charge on any atom is -0.438 e. The van der Waals surface area contributed by atoms with Crippen LogP contribution in [0.25, 0.3) is 11.1 Å². The Morgan fingerprint density at radius 3 is 2.05 bits per heavy atom. The number of nitrogens with zero attached hydrogens (tertiary/aromatic N) is 2. The van der Waals surface area contributed by atoms with Crippen LogP contribution in [0.2, 0.25) is 0 Å². The molecular formula is C16H13N3O. The molecule has 0 atom stereocenters. The van der Waals surface area contributed by atoms with Crippen molar-refractivity contribution in [2.24, 2.45) is 0 Å². The highest BCUT2D eigenvalue weighted by atomic mass is 16.5. The molecule has 20 heavy (non-hydrogen) atoms. The zero-order valence-corrected chi connectivity index (χ0v) is 10.7. The van der Waals surface area contributed by atoms with E-state index >= 15 is 0 Å². The fourth-order valence-electron chi connectivity index (χ4n) is 1.85. The average molecular weight is 263 g/mol. The molecule has 0 aliphatic heterocycles. The number of aromatic nitrogens is 2. The van der Waals surface area contributed by atoms with Gasteiger partial charge in [0.2, 0.25) is 5.88 Å². The lowest BCUT2D eigenvalue weighted by atomic mass is 10.1. The average Bonchev–Trinajstić information content (AvgIpc) is 2.51. The number of benzene rings is 2. The Bertz CT molecular complexity index is 679. The molecule has 0 aliphatic carbocycles. The molecular weight excluding hydrogens is 250 g/mol. The van der Waals surface area contributed by atoms with E-state index in [1.54, 1.807) is 12.1 Å². The molecule has 0 amide bonds. The van der Waals surface area contributed by atoms with Gasteiger partial charge in [-0.15, -0.1) is 10.2 Å². The van der Waals surface area contributed by atoms with E-state index in [4.69, 9.17) is 10.5 Å². The van der Waals surface area contributed by atoms with Gasteiger partial charge in [-0.2, -0.15) is 0 Å². The highest BCUT2D eigenvalue weighted by Crippen LogP contribution is 2.24. The van der Waals surface area contributed by atoms with Crippen LogP contribution < -0.4 is 10.5 Å². The first-order valence-corrected chi connectivity index (χ1v) is 6.24. The highest BCUT2D eigenvalue weighted by molar-refractivity contribution is 5.63. The molecule has 0 unspecified atom stereocenters. The molecule has 0 bridgehead atoms. The van der Waals surface area contributed by atoms with Crippen molar-refractivity contribution in [3.63, 3.8) is 0 Å². The largest absolute Gasteiger partial charge is 0.438 e. The maximum atomic E-state index is 5.60. The standard InChI is InChI=1S/C16H13N3O/c17-15-10-11-16(19-18-15)20-14-8-6-13(7-9-14)12-4-2-1-3-5-12/h1-11H,(H2,17,18). The van der Waals surface area contributed by atoms with Crippen LogP contribution in [0.3, 0.4) is 0 Å². The lowest BCUT2D eigenvalue weighted by Crippen LogP contribution is -1.94. The van der Waals surface area contributed by atoms with Crippen molar-refractivity contribution in [2.45, 2.75) is 0 Å². The number of rotatable bonds is 3. The van der Waals surface area contributed by atoms with E-state index in [0.29, 0.717) is 17.4 Å². The summed E-state index contributed by atoms with van der Waals surface area (Å²) < 4.78 is 5.60. The molecule has 4 nitrogen and oxygen atoms in total. The van der Waals surface area contributed by atoms with Gasteiger partial charge in [0.15, 0.2) is 0 Å². The van der Waals surface area contributed by atoms with E-state index < -0.39 is 0 Å². The SMILES string of the molecule is Nc1ccc(Oc2ccc(-c3ccccc3)cc2)nn1. The van der Waals surface area contributed by atoms with E-state index in [-0.39, 0.29) is 0 Å². The fraction of sp³-hybridized carbons (Fsp3) is 0. The fourth-order valence-corrected chi connectivity index (χ4v) is 1.85. The molecule has 0 aliphatic rings. The number of hydrogen-bond donors (Lipinski definition) is 1. The molecule has 2 N–H and O–H groups in total. The summed E-state index contributed by atoms with van der Waals surface area (Å²) in [6, 6.07) is 21.3. The molecule has 1 aromatic heterocycles. The van der Waals surface area contributed by atoms with Crippen LogP contribution in [0.4, 0.5) is 5.82 Å². The van der Waals surface area contributed by atoms with E-state index in [0.717, 1.165) is 5.56 Å². The number of anilines is 1. The second-order valence-electron chi connectivity index (χ2n) is 4.29. The van der Waals surface area contributed by atoms with Crippen molar-refractivity contribution < 1.29 is 4.74 Å². The zero-order chi connectivity index (χ0) is 13.8. The minimum atomic E-state index is 0.372. The molecule has 0 saturated heterocycles. The Kier molecular flexibility index (Phi) is 3.29. The third kappa shape index (κ3) is 2.75. The lowest BCUT2D eigenvalue weighted by Gasteiger charge is -2.06. The van der Waals surface area contributed by atoms with Crippen LogP contribution in [0, 0.1) is 0 Å². The van der Waals surface area contributed by atoms with Gasteiger partial charge in [0.1, 0.15) is 11.6 Å². The minimum absolute atomic E-state index is 0.372. The Morgan fingerprint density at radius 2 is 1.40 bits per heavy atom. The predicted molar refractivity (Wildman–Crippen MR) is 78.4 cm³/mol. The Hall–Kier alpha value is -2.88. The summed E-state index contributed by atoms with van der Waals surface area (Å²) in [7, 11) is 0. The number of ether oxygens (including phenoxy) is 1. The van der Waals surface area contributed by atoms with Gasteiger partial charge in [-0.25, -0.2) is 0 Å². The van der Waals surface area contributed by atoms with Gasteiger partial charge in [0, 0.05) is 6.07 Å². The van der Waals surface area contributed by atoms with Crippen LogP contribution in [-0.4, -0.2) is 10.2 Å². The third-order valence-corrected chi connectivity index (χ3v) is 2.84. The van der Waals surface area contributed by atoms with Gasteiger partial charge in [-0.3, -0.25) is 0 Å². The maximum absolute atomic E-state index is 5.60. The van der Waals surface area contributed by atoms with Crippen LogP contribution in [0.15, 0.2) is 66.7 Å². The Labute approximate surface area is 116 Å². The van der Waals surface area contributed by atoms with Crippen LogP contribution in [0.1, 0.15) is 0 Å². The van der Waals surface area contributed by atoms with Gasteiger partial charge in [0.25, 0.3) is 0 Å². The molecule has 3 aromatic rings. The van der Waals surface area contributed by atoms with Crippen molar-refractivity contribution in [1.29, 1.82) is 0 Å². The summed E-state index contributed by atoms with van der Waals surface area (Å²) >= 11 is 0. The molecule has 0 fully saturated rings. The second-order valence-corrected chi connectivity index (χ2v) is 4.29. The molecule has 3 rings (SSSR count). The normalized spacial score (nSPS) is 10.2. The quantitative estimate of drug-likeness (QED) is 0.785. The van der Waals surface area contributed by atoms with Gasteiger partial charge < -0.3 is 10.5 Å². The van der Waals surface area contributed by atoms with Crippen molar-refractivity contribution in [2.75, 3.05) is 5.73 Å². The summed E-state index contributed by atoms with van der Waals surface area (Å²) in [6.45, 7) is 0. The second kappa shape index (κ2) is 5.40. The summed E-state index contributed by atoms with van der Waals surface area (Å²) in [5.41, 5.74) is 7.79. The van der Waals surface area contributed by atoms with Crippen molar-refractivity contribution in [3.8, 4) is 22.8 Å². The summed E-state index contributed by atoms with van der Waals surface area (Å²) in [5.74, 6) is 1.51. The first-order valence-electron chi connectivity index (χ1n) is 6.24. The number of nitrogens with two attached hydrogens (primary N) is 1. The van der Waals surface area contributed by atoms with Gasteiger partial charge in [0.05, 0.1) is 0 Å². The molecule has 0 radical (unpaired) electrons. The highest BCUT2D eigenvalue weighted by Gasteiger charge is 2.01. The topological polar surface area (TPSA) is 61.0 Å². The van der Waals surface area contributed by atoms with E-state index in [2.05, 4.69) is 22.3 Å². The number of hydrogen-bond acceptors (Lipinski definition) is 4. The van der Waals surface area contributed by atoms with Crippen LogP contribution in [0.5, 0.6) is 11.6 Å². The smallest absolute Gasteiger partial charge is 0.238 e. The molecule has 0 saturated carbocycles. The molecule has 98 valence electrons. The van der Waals surface area contributed by atoms with Gasteiger partial charge in [-0.05, 0) is 29.3 Å². The van der Waals surface area contributed by atoms with Crippen molar-refractivity contribution in [3.05, 3.63) is 66.7 Å². The molecule has 4 heteroatoms. The van der Waals surface area contributed by atoms with Crippen molar-refractivity contribution in [1.82, 2.24) is 10.2 Å². The Balaban J connectivity index is 1.78. The number of nitrogen functional groups attached to an aromatic ring is 1. The summed E-state index contributed by atoms with van der Waals surface area (Å²) in [4.78, 5) is 0. The Morgan fingerprint density at radius 1 is 0.700 bits per heavy atom. The van der Waals surface area contributed by atoms with E-state index in [1.165, 1.54) is 5.56 Å². The van der Waals surface area contributed by atoms with Gasteiger partial charge >= 0.3 is 0 Å². The monoisotopic (exact) mass is 263 g/mol. The van der Waals surface area contributed by atoms with E-state index in [9.17, 15) is 0 Å².